The van der Waals surface area contributed by atoms with Crippen molar-refractivity contribution in [2.75, 3.05) is 11.9 Å². The number of aliphatic hydroxyl groups is 1. The van der Waals surface area contributed by atoms with E-state index in [9.17, 15) is 9.50 Å². The number of aliphatic hydroxyl groups excluding tert-OH is 1. The minimum absolute atomic E-state index is 0.0374. The lowest BCUT2D eigenvalue weighted by Crippen LogP contribution is -2.35. The Kier molecular flexibility index (Phi) is 4.59. The van der Waals surface area contributed by atoms with Gasteiger partial charge in [0.05, 0.1) is 18.3 Å². The molecule has 18 heavy (non-hydrogen) atoms. The summed E-state index contributed by atoms with van der Waals surface area (Å²) in [6.07, 6.45) is 4.72. The highest BCUT2D eigenvalue weighted by Gasteiger charge is 2.26. The Morgan fingerprint density at radius 1 is 1.39 bits per heavy atom. The molecule has 100 valence electrons. The first-order valence-corrected chi connectivity index (χ1v) is 6.82. The lowest BCUT2D eigenvalue weighted by molar-refractivity contribution is 0.187. The highest BCUT2D eigenvalue weighted by molar-refractivity contribution is 5.45. The van der Waals surface area contributed by atoms with E-state index >= 15 is 0 Å². The predicted molar refractivity (Wildman–Crippen MR) is 72.0 cm³/mol. The van der Waals surface area contributed by atoms with Gasteiger partial charge in [0.25, 0.3) is 0 Å². The van der Waals surface area contributed by atoms with E-state index < -0.39 is 0 Å². The molecule has 3 heteroatoms. The van der Waals surface area contributed by atoms with Crippen LogP contribution < -0.4 is 5.32 Å². The summed E-state index contributed by atoms with van der Waals surface area (Å²) in [4.78, 5) is 0. The van der Waals surface area contributed by atoms with Crippen LogP contribution in [0, 0.1) is 17.7 Å². The molecule has 0 aliphatic heterocycles. The summed E-state index contributed by atoms with van der Waals surface area (Å²) in [6, 6.07) is 6.62. The smallest absolute Gasteiger partial charge is 0.146 e. The third-order valence-electron chi connectivity index (χ3n) is 3.96. The molecule has 0 radical (unpaired) electrons. The number of hydrogen-bond acceptors (Lipinski definition) is 2. The quantitative estimate of drug-likeness (QED) is 0.859. The fraction of sp³-hybridized carbons (Fsp3) is 0.600. The number of halogens is 1. The molecule has 1 aliphatic carbocycles. The van der Waals surface area contributed by atoms with Crippen molar-refractivity contribution in [1.82, 2.24) is 0 Å². The molecule has 0 spiro atoms. The lowest BCUT2D eigenvalue weighted by Gasteiger charge is -2.33. The number of rotatable bonds is 4. The zero-order valence-corrected chi connectivity index (χ0v) is 10.9. The Labute approximate surface area is 108 Å². The molecule has 0 heterocycles. The van der Waals surface area contributed by atoms with E-state index in [1.54, 1.807) is 12.1 Å². The van der Waals surface area contributed by atoms with Gasteiger partial charge in [0.1, 0.15) is 5.82 Å². The van der Waals surface area contributed by atoms with Gasteiger partial charge in [-0.3, -0.25) is 0 Å². The first kappa shape index (κ1) is 13.3. The van der Waals surface area contributed by atoms with Gasteiger partial charge in [0.15, 0.2) is 0 Å². The molecule has 1 fully saturated rings. The van der Waals surface area contributed by atoms with E-state index in [-0.39, 0.29) is 18.5 Å². The molecule has 2 N–H and O–H groups in total. The first-order chi connectivity index (χ1) is 8.70. The normalized spacial score (nSPS) is 25.7. The Bertz CT molecular complexity index is 383. The van der Waals surface area contributed by atoms with Crippen LogP contribution in [0.5, 0.6) is 0 Å². The minimum atomic E-state index is -0.250. The predicted octanol–water partition coefficient (Wildman–Crippen LogP) is 3.42. The second-order valence-corrected chi connectivity index (χ2v) is 5.45. The van der Waals surface area contributed by atoms with Gasteiger partial charge in [-0.25, -0.2) is 4.39 Å². The van der Waals surface area contributed by atoms with Crippen molar-refractivity contribution in [3.8, 4) is 0 Å². The largest absolute Gasteiger partial charge is 0.394 e. The van der Waals surface area contributed by atoms with Crippen LogP contribution in [0.3, 0.4) is 0 Å². The number of hydrogen-bond donors (Lipinski definition) is 2. The number of nitrogens with one attached hydrogen (secondary N) is 1. The van der Waals surface area contributed by atoms with Gasteiger partial charge in [-0.05, 0) is 36.8 Å². The molecule has 2 rings (SSSR count). The van der Waals surface area contributed by atoms with Crippen molar-refractivity contribution in [1.29, 1.82) is 0 Å². The van der Waals surface area contributed by atoms with Crippen LogP contribution >= 0.6 is 0 Å². The van der Waals surface area contributed by atoms with E-state index in [2.05, 4.69) is 12.2 Å². The maximum Gasteiger partial charge on any atom is 0.146 e. The monoisotopic (exact) mass is 251 g/mol. The zero-order valence-electron chi connectivity index (χ0n) is 10.9. The molecule has 2 nitrogen and oxygen atoms in total. The topological polar surface area (TPSA) is 32.3 Å². The molecular formula is C15H22FNO. The summed E-state index contributed by atoms with van der Waals surface area (Å²) in [5, 5.41) is 12.7. The average molecular weight is 251 g/mol. The molecular weight excluding hydrogens is 229 g/mol. The van der Waals surface area contributed by atoms with Gasteiger partial charge in [-0.15, -0.1) is 0 Å². The molecule has 3 unspecified atom stereocenters. The average Bonchev–Trinajstić information content (AvgIpc) is 2.38. The van der Waals surface area contributed by atoms with Gasteiger partial charge >= 0.3 is 0 Å². The van der Waals surface area contributed by atoms with Gasteiger partial charge in [-0.1, -0.05) is 31.9 Å². The Balaban J connectivity index is 2.03. The summed E-state index contributed by atoms with van der Waals surface area (Å²) in [5.74, 6) is 0.901. The Morgan fingerprint density at radius 3 is 2.83 bits per heavy atom. The van der Waals surface area contributed by atoms with Gasteiger partial charge < -0.3 is 10.4 Å². The number of para-hydroxylation sites is 1. The fourth-order valence-electron chi connectivity index (χ4n) is 2.94. The van der Waals surface area contributed by atoms with E-state index in [0.29, 0.717) is 17.5 Å². The minimum Gasteiger partial charge on any atom is -0.394 e. The lowest BCUT2D eigenvalue weighted by atomic mass is 9.78. The maximum absolute atomic E-state index is 13.6. The highest BCUT2D eigenvalue weighted by atomic mass is 19.1. The summed E-state index contributed by atoms with van der Waals surface area (Å²) >= 11 is 0. The maximum atomic E-state index is 13.6. The third kappa shape index (κ3) is 3.22. The molecule has 3 atom stereocenters. The Hall–Kier alpha value is -1.09. The van der Waals surface area contributed by atoms with Crippen LogP contribution in [0.25, 0.3) is 0 Å². The van der Waals surface area contributed by atoms with Gasteiger partial charge in [0.2, 0.25) is 0 Å². The van der Waals surface area contributed by atoms with Crippen LogP contribution in [-0.4, -0.2) is 17.8 Å². The van der Waals surface area contributed by atoms with E-state index in [1.807, 2.05) is 6.07 Å². The van der Waals surface area contributed by atoms with Crippen molar-refractivity contribution in [2.45, 2.75) is 38.6 Å². The van der Waals surface area contributed by atoms with Crippen LogP contribution in [0.1, 0.15) is 32.6 Å². The first-order valence-electron chi connectivity index (χ1n) is 6.82. The summed E-state index contributed by atoms with van der Waals surface area (Å²) in [7, 11) is 0. The third-order valence-corrected chi connectivity index (χ3v) is 3.96. The molecule has 1 aromatic rings. The molecule has 0 saturated heterocycles. The van der Waals surface area contributed by atoms with Crippen LogP contribution in [0.2, 0.25) is 0 Å². The second kappa shape index (κ2) is 6.19. The van der Waals surface area contributed by atoms with Gasteiger partial charge in [-0.2, -0.15) is 0 Å². The van der Waals surface area contributed by atoms with Crippen molar-refractivity contribution in [3.63, 3.8) is 0 Å². The van der Waals surface area contributed by atoms with E-state index in [1.165, 1.54) is 18.9 Å². The van der Waals surface area contributed by atoms with Gasteiger partial charge in [0, 0.05) is 0 Å². The fourth-order valence-corrected chi connectivity index (χ4v) is 2.94. The van der Waals surface area contributed by atoms with Crippen LogP contribution in [-0.2, 0) is 0 Å². The summed E-state index contributed by atoms with van der Waals surface area (Å²) in [5.41, 5.74) is 0.495. The summed E-state index contributed by atoms with van der Waals surface area (Å²) < 4.78 is 13.6. The molecule has 0 amide bonds. The molecule has 1 saturated carbocycles. The zero-order chi connectivity index (χ0) is 13.0. The van der Waals surface area contributed by atoms with Crippen molar-refractivity contribution in [3.05, 3.63) is 30.1 Å². The highest BCUT2D eigenvalue weighted by Crippen LogP contribution is 2.32. The number of benzene rings is 1. The summed E-state index contributed by atoms with van der Waals surface area (Å²) in [6.45, 7) is 2.31. The Morgan fingerprint density at radius 2 is 2.17 bits per heavy atom. The molecule has 1 aliphatic rings. The van der Waals surface area contributed by atoms with E-state index in [4.69, 9.17) is 0 Å². The second-order valence-electron chi connectivity index (χ2n) is 5.45. The molecule has 0 bridgehead atoms. The van der Waals surface area contributed by atoms with Crippen molar-refractivity contribution in [2.24, 2.45) is 11.8 Å². The standard InChI is InChI=1S/C15H22FNO/c1-11-5-4-6-12(9-11)15(10-18)17-14-8-3-2-7-13(14)16/h2-3,7-8,11-12,15,17-18H,4-6,9-10H2,1H3. The van der Waals surface area contributed by atoms with Crippen molar-refractivity contribution < 1.29 is 9.50 Å². The van der Waals surface area contributed by atoms with Crippen molar-refractivity contribution >= 4 is 5.69 Å². The van der Waals surface area contributed by atoms with E-state index in [0.717, 1.165) is 12.8 Å². The molecule has 0 aromatic heterocycles. The van der Waals surface area contributed by atoms with Crippen LogP contribution in [0.4, 0.5) is 10.1 Å². The number of anilines is 1. The van der Waals surface area contributed by atoms with Crippen LogP contribution in [0.15, 0.2) is 24.3 Å². The molecule has 1 aromatic carbocycles. The SMILES string of the molecule is CC1CCCC(C(CO)Nc2ccccc2F)C1.